The first-order valence-electron chi connectivity index (χ1n) is 6.76. The summed E-state index contributed by atoms with van der Waals surface area (Å²) in [5, 5.41) is 11.0. The molecule has 1 saturated heterocycles. The number of rotatable bonds is 4. The fourth-order valence-corrected chi connectivity index (χ4v) is 2.27. The average molecular weight is 317 g/mol. The van der Waals surface area contributed by atoms with Gasteiger partial charge in [-0.25, -0.2) is 13.9 Å². The van der Waals surface area contributed by atoms with Gasteiger partial charge in [0.05, 0.1) is 30.7 Å². The van der Waals surface area contributed by atoms with E-state index in [9.17, 15) is 9.18 Å². The molecule has 3 rings (SSSR count). The van der Waals surface area contributed by atoms with Crippen molar-refractivity contribution in [3.63, 3.8) is 0 Å². The smallest absolute Gasteiger partial charge is 0.414 e. The second-order valence-corrected chi connectivity index (χ2v) is 4.97. The molecule has 10 heteroatoms. The van der Waals surface area contributed by atoms with Gasteiger partial charge < -0.3 is 4.74 Å². The van der Waals surface area contributed by atoms with Crippen molar-refractivity contribution in [1.29, 1.82) is 0 Å². The molecule has 0 bridgehead atoms. The number of carbonyl (C=O) groups excluding carboxylic acids is 1. The van der Waals surface area contributed by atoms with Gasteiger partial charge in [0.2, 0.25) is 0 Å². The lowest BCUT2D eigenvalue weighted by atomic mass is 10.2. The number of benzene rings is 1. The van der Waals surface area contributed by atoms with Gasteiger partial charge in [0.25, 0.3) is 0 Å². The van der Waals surface area contributed by atoms with Crippen LogP contribution in [0.1, 0.15) is 5.69 Å². The summed E-state index contributed by atoms with van der Waals surface area (Å²) in [6.07, 6.45) is 0.448. The Bertz CT molecular complexity index is 799. The zero-order valence-electron chi connectivity index (χ0n) is 12.1. The summed E-state index contributed by atoms with van der Waals surface area (Å²) in [5.74, 6) is -0.543. The van der Waals surface area contributed by atoms with Gasteiger partial charge in [-0.3, -0.25) is 4.90 Å². The van der Waals surface area contributed by atoms with Crippen LogP contribution in [-0.2, 0) is 4.74 Å². The number of nitrogens with zero attached hydrogens (tertiary/aromatic N) is 7. The molecule has 0 aliphatic carbocycles. The highest BCUT2D eigenvalue weighted by Gasteiger charge is 2.32. The van der Waals surface area contributed by atoms with Crippen molar-refractivity contribution in [2.75, 3.05) is 18.0 Å². The molecule has 23 heavy (non-hydrogen) atoms. The Hall–Kier alpha value is -3.13. The van der Waals surface area contributed by atoms with Crippen LogP contribution in [0.5, 0.6) is 0 Å². The molecule has 0 spiro atoms. The van der Waals surface area contributed by atoms with Crippen LogP contribution in [0.15, 0.2) is 29.5 Å². The first kappa shape index (κ1) is 14.8. The minimum atomic E-state index is -0.605. The molecular formula is C13H12FN7O2. The first-order valence-corrected chi connectivity index (χ1v) is 6.76. The molecule has 1 aromatic heterocycles. The Morgan fingerprint density at radius 3 is 3.04 bits per heavy atom. The second kappa shape index (κ2) is 5.93. The molecule has 1 aromatic carbocycles. The van der Waals surface area contributed by atoms with E-state index in [1.807, 2.05) is 0 Å². The topological polar surface area (TPSA) is 109 Å². The van der Waals surface area contributed by atoms with Gasteiger partial charge in [-0.2, -0.15) is 0 Å². The summed E-state index contributed by atoms with van der Waals surface area (Å²) in [4.78, 5) is 15.7. The largest absolute Gasteiger partial charge is 0.444 e. The van der Waals surface area contributed by atoms with E-state index in [1.165, 1.54) is 21.7 Å². The number of cyclic esters (lactones) is 1. The number of anilines is 1. The molecule has 2 aromatic rings. The molecule has 0 N–H and O–H groups in total. The van der Waals surface area contributed by atoms with Crippen LogP contribution < -0.4 is 4.90 Å². The van der Waals surface area contributed by atoms with E-state index in [0.717, 1.165) is 0 Å². The van der Waals surface area contributed by atoms with E-state index in [0.29, 0.717) is 11.4 Å². The van der Waals surface area contributed by atoms with Gasteiger partial charge in [0.15, 0.2) is 5.82 Å². The van der Waals surface area contributed by atoms with Crippen molar-refractivity contribution in [2.45, 2.75) is 13.0 Å². The van der Waals surface area contributed by atoms with Crippen LogP contribution in [-0.4, -0.2) is 40.3 Å². The monoisotopic (exact) mass is 317 g/mol. The minimum absolute atomic E-state index is 0.0392. The number of aromatic nitrogens is 3. The summed E-state index contributed by atoms with van der Waals surface area (Å²) in [7, 11) is 0. The van der Waals surface area contributed by atoms with Crippen molar-refractivity contribution < 1.29 is 13.9 Å². The normalized spacial score (nSPS) is 17.0. The average Bonchev–Trinajstić information content (AvgIpc) is 3.11. The third-order valence-electron chi connectivity index (χ3n) is 3.32. The molecular weight excluding hydrogens is 305 g/mol. The zero-order chi connectivity index (χ0) is 16.4. The lowest BCUT2D eigenvalue weighted by Gasteiger charge is -2.14. The maximum atomic E-state index is 14.3. The van der Waals surface area contributed by atoms with Crippen LogP contribution in [0, 0.1) is 12.7 Å². The Kier molecular flexibility index (Phi) is 3.82. The quantitative estimate of drug-likeness (QED) is 0.489. The molecule has 1 fully saturated rings. The van der Waals surface area contributed by atoms with E-state index in [4.69, 9.17) is 10.3 Å². The van der Waals surface area contributed by atoms with Gasteiger partial charge in [-0.1, -0.05) is 10.3 Å². The Balaban J connectivity index is 1.83. The molecule has 2 heterocycles. The first-order chi connectivity index (χ1) is 11.1. The van der Waals surface area contributed by atoms with Crippen LogP contribution in [0.2, 0.25) is 0 Å². The number of azide groups is 1. The summed E-state index contributed by atoms with van der Waals surface area (Å²) in [6, 6.07) is 4.32. The fourth-order valence-electron chi connectivity index (χ4n) is 2.27. The summed E-state index contributed by atoms with van der Waals surface area (Å²) >= 11 is 0. The van der Waals surface area contributed by atoms with Crippen LogP contribution in [0.3, 0.4) is 0 Å². The number of halogens is 1. The molecule has 1 aliphatic rings. The molecule has 0 unspecified atom stereocenters. The van der Waals surface area contributed by atoms with Gasteiger partial charge in [-0.05, 0) is 30.7 Å². The van der Waals surface area contributed by atoms with Crippen LogP contribution in [0.25, 0.3) is 16.1 Å². The van der Waals surface area contributed by atoms with Gasteiger partial charge in [-0.15, -0.1) is 5.10 Å². The summed E-state index contributed by atoms with van der Waals surface area (Å²) in [6.45, 7) is 1.98. The van der Waals surface area contributed by atoms with Crippen molar-refractivity contribution in [1.82, 2.24) is 15.0 Å². The maximum absolute atomic E-state index is 14.3. The molecule has 9 nitrogen and oxygen atoms in total. The lowest BCUT2D eigenvalue weighted by molar-refractivity contribution is 0.145. The fraction of sp³-hybridized carbons (Fsp3) is 0.308. The highest BCUT2D eigenvalue weighted by Crippen LogP contribution is 2.25. The number of ether oxygens (including phenoxy) is 1. The number of hydrogen-bond acceptors (Lipinski definition) is 5. The Morgan fingerprint density at radius 1 is 1.57 bits per heavy atom. The molecule has 1 amide bonds. The van der Waals surface area contributed by atoms with Crippen molar-refractivity contribution in [3.8, 4) is 5.69 Å². The van der Waals surface area contributed by atoms with E-state index in [1.54, 1.807) is 19.2 Å². The van der Waals surface area contributed by atoms with Crippen molar-refractivity contribution >= 4 is 11.8 Å². The minimum Gasteiger partial charge on any atom is -0.444 e. The molecule has 1 aliphatic heterocycles. The Labute approximate surface area is 129 Å². The highest BCUT2D eigenvalue weighted by atomic mass is 19.1. The third-order valence-corrected chi connectivity index (χ3v) is 3.32. The third kappa shape index (κ3) is 2.92. The van der Waals surface area contributed by atoms with Crippen molar-refractivity contribution in [3.05, 3.63) is 46.3 Å². The SMILES string of the molecule is Cc1cn(-c2ccc(N3C[C@H](CN=[N+]=[N-])OC3=O)cc2F)nn1. The summed E-state index contributed by atoms with van der Waals surface area (Å²) < 4.78 is 20.7. The van der Waals surface area contributed by atoms with E-state index in [2.05, 4.69) is 20.3 Å². The lowest BCUT2D eigenvalue weighted by Crippen LogP contribution is -2.25. The zero-order valence-corrected chi connectivity index (χ0v) is 12.1. The second-order valence-electron chi connectivity index (χ2n) is 4.97. The van der Waals surface area contributed by atoms with Crippen molar-refractivity contribution in [2.24, 2.45) is 5.11 Å². The van der Waals surface area contributed by atoms with Crippen LogP contribution >= 0.6 is 0 Å². The van der Waals surface area contributed by atoms with E-state index in [-0.39, 0.29) is 18.8 Å². The maximum Gasteiger partial charge on any atom is 0.414 e. The number of aryl methyl sites for hydroxylation is 1. The molecule has 118 valence electrons. The standard InChI is InChI=1S/C13H12FN7O2/c1-8-6-21(19-17-8)12-3-2-9(4-11(12)14)20-7-10(5-16-18-15)23-13(20)22/h2-4,6,10H,5,7H2,1H3/t10-/m0/s1. The predicted molar refractivity (Wildman–Crippen MR) is 77.7 cm³/mol. The molecule has 0 saturated carbocycles. The predicted octanol–water partition coefficient (Wildman–Crippen LogP) is 2.35. The molecule has 1 atom stereocenters. The van der Waals surface area contributed by atoms with Gasteiger partial charge >= 0.3 is 6.09 Å². The number of hydrogen-bond donors (Lipinski definition) is 0. The van der Waals surface area contributed by atoms with E-state index >= 15 is 0 Å². The molecule has 0 radical (unpaired) electrons. The van der Waals surface area contributed by atoms with Gasteiger partial charge in [0, 0.05) is 4.91 Å². The highest BCUT2D eigenvalue weighted by molar-refractivity contribution is 5.89. The van der Waals surface area contributed by atoms with Gasteiger partial charge in [0.1, 0.15) is 11.8 Å². The number of carbonyl (C=O) groups is 1. The Morgan fingerprint density at radius 2 is 2.39 bits per heavy atom. The van der Waals surface area contributed by atoms with Crippen LogP contribution in [0.4, 0.5) is 14.9 Å². The van der Waals surface area contributed by atoms with E-state index < -0.39 is 18.0 Å². The number of amides is 1. The summed E-state index contributed by atoms with van der Waals surface area (Å²) in [5.41, 5.74) is 9.55.